The number of fused-ring (bicyclic) bond motifs is 1. The maximum Gasteiger partial charge on any atom is 0.310 e. The summed E-state index contributed by atoms with van der Waals surface area (Å²) in [4.78, 5) is 41.4. The van der Waals surface area contributed by atoms with Gasteiger partial charge in [0.1, 0.15) is 17.4 Å². The fraction of sp³-hybridized carbons (Fsp3) is 0.267. The molecule has 2 amide bonds. The fourth-order valence-corrected chi connectivity index (χ4v) is 6.83. The third-order valence-electron chi connectivity index (χ3n) is 6.61. The second kappa shape index (κ2) is 12.4. The van der Waals surface area contributed by atoms with Gasteiger partial charge in [0.15, 0.2) is 15.1 Å². The number of sulfone groups is 1. The van der Waals surface area contributed by atoms with Crippen molar-refractivity contribution in [2.45, 2.75) is 37.2 Å². The number of halogens is 1. The topological polar surface area (TPSA) is 132 Å². The van der Waals surface area contributed by atoms with E-state index in [1.54, 1.807) is 24.3 Å². The van der Waals surface area contributed by atoms with E-state index in [4.69, 9.17) is 4.74 Å². The van der Waals surface area contributed by atoms with Gasteiger partial charge in [-0.2, -0.15) is 0 Å². The molecule has 1 aliphatic rings. The number of ether oxygens (including phenoxy) is 1. The van der Waals surface area contributed by atoms with Crippen LogP contribution in [0.2, 0.25) is 0 Å². The molecule has 1 saturated carbocycles. The summed E-state index contributed by atoms with van der Waals surface area (Å²) in [6.45, 7) is -0.179. The molecule has 0 spiro atoms. The van der Waals surface area contributed by atoms with E-state index in [1.807, 2.05) is 30.3 Å². The molecular weight excluding hydrogens is 581 g/mol. The molecule has 1 atom stereocenters. The van der Waals surface area contributed by atoms with Crippen LogP contribution in [0.5, 0.6) is 0 Å². The highest BCUT2D eigenvalue weighted by Crippen LogP contribution is 2.35. The van der Waals surface area contributed by atoms with Gasteiger partial charge in [-0.1, -0.05) is 54.6 Å². The van der Waals surface area contributed by atoms with Crippen molar-refractivity contribution in [3.8, 4) is 11.1 Å². The standard InChI is InChI=1S/C30H28FN3O6S2/c1-42(38,39)28(29(37)32-16-26(35)33-21-11-12-21)30-34-24-14-22(23(31)15-25(24)41-30)20-9-7-18(8-10-20)13-27(36)40-17-19-5-3-2-4-6-19/h2-10,14-15,21,28H,11-13,16-17H2,1H3,(H,32,37)(H,33,35). The normalized spacial score (nSPS) is 13.9. The number of thiazole rings is 1. The molecule has 9 nitrogen and oxygen atoms in total. The Morgan fingerprint density at radius 3 is 2.43 bits per heavy atom. The van der Waals surface area contributed by atoms with Crippen LogP contribution in [0.3, 0.4) is 0 Å². The average molecular weight is 610 g/mol. The van der Waals surface area contributed by atoms with Crippen molar-refractivity contribution in [3.63, 3.8) is 0 Å². The average Bonchev–Trinajstić information content (AvgIpc) is 3.67. The number of amides is 2. The van der Waals surface area contributed by atoms with Crippen molar-refractivity contribution in [1.29, 1.82) is 0 Å². The van der Waals surface area contributed by atoms with Gasteiger partial charge >= 0.3 is 5.97 Å². The molecule has 0 saturated heterocycles. The van der Waals surface area contributed by atoms with Gasteiger partial charge in [0, 0.05) is 17.9 Å². The van der Waals surface area contributed by atoms with Crippen LogP contribution in [0, 0.1) is 5.82 Å². The third-order valence-corrected chi connectivity index (χ3v) is 9.13. The molecule has 42 heavy (non-hydrogen) atoms. The third kappa shape index (κ3) is 7.37. The molecule has 0 bridgehead atoms. The quantitative estimate of drug-likeness (QED) is 0.247. The monoisotopic (exact) mass is 609 g/mol. The SMILES string of the molecule is CS(=O)(=O)C(C(=O)NCC(=O)NC1CC1)c1nc2cc(-c3ccc(CC(=O)OCc4ccccc4)cc3)c(F)cc2s1. The number of hydrogen-bond donors (Lipinski definition) is 2. The lowest BCUT2D eigenvalue weighted by atomic mass is 10.0. The molecule has 2 N–H and O–H groups in total. The molecule has 1 unspecified atom stereocenters. The summed E-state index contributed by atoms with van der Waals surface area (Å²) in [5.74, 6) is -2.21. The predicted octanol–water partition coefficient (Wildman–Crippen LogP) is 3.87. The lowest BCUT2D eigenvalue weighted by Gasteiger charge is -2.12. The van der Waals surface area contributed by atoms with E-state index in [2.05, 4.69) is 15.6 Å². The van der Waals surface area contributed by atoms with E-state index in [9.17, 15) is 22.8 Å². The summed E-state index contributed by atoms with van der Waals surface area (Å²) in [5.41, 5.74) is 2.67. The minimum absolute atomic E-state index is 0.0199. The molecule has 0 radical (unpaired) electrons. The molecule has 218 valence electrons. The molecule has 12 heteroatoms. The van der Waals surface area contributed by atoms with Crippen molar-refractivity contribution in [3.05, 3.63) is 88.7 Å². The summed E-state index contributed by atoms with van der Waals surface area (Å²) in [6, 6.07) is 19.0. The Morgan fingerprint density at radius 1 is 1.05 bits per heavy atom. The number of hydrogen-bond acceptors (Lipinski definition) is 8. The predicted molar refractivity (Wildman–Crippen MR) is 157 cm³/mol. The highest BCUT2D eigenvalue weighted by atomic mass is 32.2. The number of carbonyl (C=O) groups is 3. The maximum atomic E-state index is 15.2. The maximum absolute atomic E-state index is 15.2. The summed E-state index contributed by atoms with van der Waals surface area (Å²) in [5, 5.41) is 3.44. The van der Waals surface area contributed by atoms with Crippen molar-refractivity contribution in [2.75, 3.05) is 12.8 Å². The number of esters is 1. The van der Waals surface area contributed by atoms with Gasteiger partial charge in [0.2, 0.25) is 11.8 Å². The Kier molecular flexibility index (Phi) is 8.64. The number of benzene rings is 3. The summed E-state index contributed by atoms with van der Waals surface area (Å²) < 4.78 is 46.0. The summed E-state index contributed by atoms with van der Waals surface area (Å²) >= 11 is 0.903. The van der Waals surface area contributed by atoms with Gasteiger partial charge in [0.05, 0.1) is 23.2 Å². The van der Waals surface area contributed by atoms with Crippen molar-refractivity contribution >= 4 is 49.2 Å². The lowest BCUT2D eigenvalue weighted by Crippen LogP contribution is -2.41. The number of nitrogens with one attached hydrogen (secondary N) is 2. The van der Waals surface area contributed by atoms with E-state index in [0.29, 0.717) is 21.3 Å². The van der Waals surface area contributed by atoms with E-state index in [-0.39, 0.29) is 42.2 Å². The Hall–Kier alpha value is -4.16. The number of nitrogens with zero attached hydrogens (tertiary/aromatic N) is 1. The highest BCUT2D eigenvalue weighted by Gasteiger charge is 2.34. The first kappa shape index (κ1) is 29.3. The van der Waals surface area contributed by atoms with Gasteiger partial charge < -0.3 is 15.4 Å². The molecule has 1 fully saturated rings. The molecule has 5 rings (SSSR count). The van der Waals surface area contributed by atoms with E-state index >= 15 is 4.39 Å². The minimum atomic E-state index is -3.96. The molecule has 1 aromatic heterocycles. The van der Waals surface area contributed by atoms with Crippen LogP contribution in [-0.4, -0.2) is 50.0 Å². The van der Waals surface area contributed by atoms with Crippen molar-refractivity contribution < 1.29 is 31.9 Å². The Morgan fingerprint density at radius 2 is 1.76 bits per heavy atom. The van der Waals surface area contributed by atoms with Gasteiger partial charge in [-0.15, -0.1) is 11.3 Å². The van der Waals surface area contributed by atoms with Crippen LogP contribution in [0.1, 0.15) is 34.2 Å². The second-order valence-corrected chi connectivity index (χ2v) is 13.3. The van der Waals surface area contributed by atoms with E-state index < -0.39 is 32.7 Å². The Balaban J connectivity index is 1.29. The molecule has 3 aromatic carbocycles. The first-order valence-corrected chi connectivity index (χ1v) is 16.0. The number of rotatable bonds is 11. The fourth-order valence-electron chi connectivity index (χ4n) is 4.31. The van der Waals surface area contributed by atoms with E-state index in [1.165, 1.54) is 12.1 Å². The molecule has 0 aliphatic heterocycles. The Labute approximate surface area is 246 Å². The number of aromatic nitrogens is 1. The van der Waals surface area contributed by atoms with Gasteiger partial charge in [-0.05, 0) is 41.7 Å². The molecule has 4 aromatic rings. The smallest absolute Gasteiger partial charge is 0.310 e. The minimum Gasteiger partial charge on any atom is -0.461 e. The van der Waals surface area contributed by atoms with Crippen LogP contribution in [0.25, 0.3) is 21.3 Å². The Bertz CT molecular complexity index is 1740. The van der Waals surface area contributed by atoms with Crippen LogP contribution in [0.4, 0.5) is 4.39 Å². The highest BCUT2D eigenvalue weighted by molar-refractivity contribution is 7.91. The summed E-state index contributed by atoms with van der Waals surface area (Å²) in [6.07, 6.45) is 2.73. The van der Waals surface area contributed by atoms with Crippen molar-refractivity contribution in [1.82, 2.24) is 15.6 Å². The second-order valence-electron chi connectivity index (χ2n) is 10.1. The zero-order valence-electron chi connectivity index (χ0n) is 22.6. The van der Waals surface area contributed by atoms with Crippen LogP contribution < -0.4 is 10.6 Å². The van der Waals surface area contributed by atoms with Crippen molar-refractivity contribution in [2.24, 2.45) is 0 Å². The van der Waals surface area contributed by atoms with Crippen LogP contribution >= 0.6 is 11.3 Å². The lowest BCUT2D eigenvalue weighted by molar-refractivity contribution is -0.144. The molecule has 1 aliphatic carbocycles. The van der Waals surface area contributed by atoms with Gasteiger partial charge in [0.25, 0.3) is 0 Å². The summed E-state index contributed by atoms with van der Waals surface area (Å²) in [7, 11) is -3.96. The first-order chi connectivity index (χ1) is 20.1. The largest absolute Gasteiger partial charge is 0.461 e. The number of carbonyl (C=O) groups excluding carboxylic acids is 3. The zero-order valence-corrected chi connectivity index (χ0v) is 24.3. The van der Waals surface area contributed by atoms with Gasteiger partial charge in [-0.25, -0.2) is 17.8 Å². The van der Waals surface area contributed by atoms with E-state index in [0.717, 1.165) is 36.0 Å². The zero-order chi connectivity index (χ0) is 29.9. The molecule has 1 heterocycles. The molecular formula is C30H28FN3O6S2. The van der Waals surface area contributed by atoms with Gasteiger partial charge in [-0.3, -0.25) is 14.4 Å². The first-order valence-electron chi connectivity index (χ1n) is 13.2. The van der Waals surface area contributed by atoms with Crippen LogP contribution in [-0.2, 0) is 42.0 Å². The van der Waals surface area contributed by atoms with Crippen LogP contribution in [0.15, 0.2) is 66.7 Å².